The number of alkyl halides is 3. The molecule has 1 saturated heterocycles. The largest absolute Gasteiger partial charge is 0.497 e. The Hall–Kier alpha value is -3.07. The highest BCUT2D eigenvalue weighted by atomic mass is 19.4. The molecule has 2 aromatic carbocycles. The summed E-state index contributed by atoms with van der Waals surface area (Å²) in [7, 11) is 1.53. The van der Waals surface area contributed by atoms with Crippen LogP contribution in [0.4, 0.5) is 18.9 Å². The Morgan fingerprint density at radius 2 is 1.74 bits per heavy atom. The minimum atomic E-state index is -4.52. The van der Waals surface area contributed by atoms with Gasteiger partial charge in [-0.05, 0) is 73.8 Å². The molecule has 2 aromatic rings. The van der Waals surface area contributed by atoms with Crippen LogP contribution in [0.1, 0.15) is 42.4 Å². The first-order valence-electron chi connectivity index (χ1n) is 11.7. The van der Waals surface area contributed by atoms with Crippen LogP contribution in [0.3, 0.4) is 0 Å². The maximum Gasteiger partial charge on any atom is 0.416 e. The molecule has 6 nitrogen and oxygen atoms in total. The highest BCUT2D eigenvalue weighted by Crippen LogP contribution is 2.40. The third-order valence-electron chi connectivity index (χ3n) is 6.69. The molecule has 0 bridgehead atoms. The van der Waals surface area contributed by atoms with E-state index in [0.29, 0.717) is 35.7 Å². The first-order chi connectivity index (χ1) is 16.7. The second-order valence-corrected chi connectivity index (χ2v) is 8.99. The van der Waals surface area contributed by atoms with E-state index in [1.54, 1.807) is 24.3 Å². The number of rotatable bonds is 6. The molecule has 0 spiro atoms. The number of hydrogen-bond donors (Lipinski definition) is 0. The molecule has 0 aromatic heterocycles. The van der Waals surface area contributed by atoms with E-state index in [-0.39, 0.29) is 6.42 Å². The monoisotopic (exact) mass is 490 g/mol. The lowest BCUT2D eigenvalue weighted by molar-refractivity contribution is -0.154. The molecule has 0 aliphatic carbocycles. The maximum absolute atomic E-state index is 13.8. The number of anilines is 1. The number of benzene rings is 2. The Kier molecular flexibility index (Phi) is 7.35. The van der Waals surface area contributed by atoms with Gasteiger partial charge in [-0.1, -0.05) is 12.1 Å². The third-order valence-corrected chi connectivity index (χ3v) is 6.69. The van der Waals surface area contributed by atoms with Crippen molar-refractivity contribution in [2.24, 2.45) is 0 Å². The van der Waals surface area contributed by atoms with Crippen molar-refractivity contribution in [1.29, 1.82) is 0 Å². The molecule has 2 aliphatic rings. The van der Waals surface area contributed by atoms with Gasteiger partial charge in [0, 0.05) is 31.6 Å². The lowest BCUT2D eigenvalue weighted by Gasteiger charge is -2.29. The minimum Gasteiger partial charge on any atom is -0.497 e. The van der Waals surface area contributed by atoms with Gasteiger partial charge in [0.25, 0.3) is 5.91 Å². The average molecular weight is 491 g/mol. The zero-order valence-electron chi connectivity index (χ0n) is 19.8. The number of halogens is 3. The summed E-state index contributed by atoms with van der Waals surface area (Å²) in [5.41, 5.74) is 0.721. The van der Waals surface area contributed by atoms with Crippen LogP contribution in [0.15, 0.2) is 42.5 Å². The number of hydrogen-bond acceptors (Lipinski definition) is 5. The van der Waals surface area contributed by atoms with E-state index >= 15 is 0 Å². The van der Waals surface area contributed by atoms with Gasteiger partial charge in [0.2, 0.25) is 0 Å². The standard InChI is InChI=1S/C26H29F3N2O4/c1-17(32)35-24-22(18-5-8-21(34-2)9-6-18)16-19-15-20(26(27,28)29)7-10-23(19)31(25(24)33)14-13-30-11-3-4-12-30/h5-10,15,22,24H,3-4,11-14,16H2,1-2H3/t22-,24+/m1/s1. The van der Waals surface area contributed by atoms with E-state index in [4.69, 9.17) is 9.47 Å². The topological polar surface area (TPSA) is 59.1 Å². The fourth-order valence-electron chi connectivity index (χ4n) is 4.91. The Morgan fingerprint density at radius 1 is 1.06 bits per heavy atom. The molecule has 1 fully saturated rings. The van der Waals surface area contributed by atoms with Gasteiger partial charge in [-0.15, -0.1) is 0 Å². The van der Waals surface area contributed by atoms with Crippen molar-refractivity contribution in [1.82, 2.24) is 4.90 Å². The fraction of sp³-hybridized carbons (Fsp3) is 0.462. The molecule has 9 heteroatoms. The Morgan fingerprint density at radius 3 is 2.34 bits per heavy atom. The number of carbonyl (C=O) groups excluding carboxylic acids is 2. The summed E-state index contributed by atoms with van der Waals surface area (Å²) in [6, 6.07) is 10.4. The van der Waals surface area contributed by atoms with E-state index in [0.717, 1.165) is 38.1 Å². The summed E-state index contributed by atoms with van der Waals surface area (Å²) in [6.07, 6.45) is -3.42. The lowest BCUT2D eigenvalue weighted by atomic mass is 9.87. The average Bonchev–Trinajstić information content (AvgIpc) is 3.31. The summed E-state index contributed by atoms with van der Waals surface area (Å²) in [6.45, 7) is 3.96. The molecule has 188 valence electrons. The van der Waals surface area contributed by atoms with Crippen LogP contribution >= 0.6 is 0 Å². The Labute approximate surface area is 202 Å². The smallest absolute Gasteiger partial charge is 0.416 e. The molecule has 35 heavy (non-hydrogen) atoms. The molecule has 2 atom stereocenters. The molecule has 0 unspecified atom stereocenters. The lowest BCUT2D eigenvalue weighted by Crippen LogP contribution is -2.46. The van der Waals surface area contributed by atoms with E-state index in [1.807, 2.05) is 0 Å². The summed E-state index contributed by atoms with van der Waals surface area (Å²) in [5.74, 6) is -1.11. The first kappa shape index (κ1) is 25.0. The second-order valence-electron chi connectivity index (χ2n) is 8.99. The van der Waals surface area contributed by atoms with Crippen molar-refractivity contribution in [2.45, 2.75) is 44.4 Å². The molecule has 4 rings (SSSR count). The maximum atomic E-state index is 13.8. The Balaban J connectivity index is 1.78. The van der Waals surface area contributed by atoms with E-state index < -0.39 is 35.6 Å². The van der Waals surface area contributed by atoms with Crippen molar-refractivity contribution in [3.8, 4) is 5.75 Å². The number of esters is 1. The molecule has 2 heterocycles. The molecule has 1 amide bonds. The van der Waals surface area contributed by atoms with Crippen molar-refractivity contribution in [2.75, 3.05) is 38.2 Å². The van der Waals surface area contributed by atoms with Gasteiger partial charge in [0.1, 0.15) is 5.75 Å². The number of methoxy groups -OCH3 is 1. The summed E-state index contributed by atoms with van der Waals surface area (Å²) in [5, 5.41) is 0. The van der Waals surface area contributed by atoms with E-state index in [1.165, 1.54) is 25.0 Å². The number of amides is 1. The van der Waals surface area contributed by atoms with Crippen LogP contribution in [0.5, 0.6) is 5.75 Å². The minimum absolute atomic E-state index is 0.107. The van der Waals surface area contributed by atoms with Crippen LogP contribution in [0, 0.1) is 0 Å². The van der Waals surface area contributed by atoms with Crippen molar-refractivity contribution in [3.63, 3.8) is 0 Å². The predicted molar refractivity (Wildman–Crippen MR) is 124 cm³/mol. The molecule has 2 aliphatic heterocycles. The van der Waals surface area contributed by atoms with Crippen molar-refractivity contribution in [3.05, 3.63) is 59.2 Å². The van der Waals surface area contributed by atoms with Crippen molar-refractivity contribution >= 4 is 17.6 Å². The van der Waals surface area contributed by atoms with Gasteiger partial charge >= 0.3 is 12.1 Å². The van der Waals surface area contributed by atoms with E-state index in [9.17, 15) is 22.8 Å². The van der Waals surface area contributed by atoms with Gasteiger partial charge in [-0.3, -0.25) is 9.59 Å². The molecular formula is C26H29F3N2O4. The number of carbonyl (C=O) groups is 2. The molecule has 0 N–H and O–H groups in total. The molecule has 0 radical (unpaired) electrons. The second kappa shape index (κ2) is 10.3. The third kappa shape index (κ3) is 5.61. The predicted octanol–water partition coefficient (Wildman–Crippen LogP) is 4.41. The van der Waals surface area contributed by atoms with Crippen LogP contribution in [0.2, 0.25) is 0 Å². The summed E-state index contributed by atoms with van der Waals surface area (Å²) >= 11 is 0. The zero-order valence-corrected chi connectivity index (χ0v) is 19.8. The zero-order chi connectivity index (χ0) is 25.2. The van der Waals surface area contributed by atoms with Gasteiger partial charge in [0.05, 0.1) is 12.7 Å². The van der Waals surface area contributed by atoms with Crippen molar-refractivity contribution < 1.29 is 32.2 Å². The Bertz CT molecular complexity index is 1070. The molecule has 0 saturated carbocycles. The first-order valence-corrected chi connectivity index (χ1v) is 11.7. The normalized spacial score (nSPS) is 20.9. The number of nitrogens with zero attached hydrogens (tertiary/aromatic N) is 2. The van der Waals surface area contributed by atoms with Gasteiger partial charge in [-0.25, -0.2) is 0 Å². The van der Waals surface area contributed by atoms with Gasteiger partial charge in [0.15, 0.2) is 6.10 Å². The van der Waals surface area contributed by atoms with Crippen LogP contribution in [0.25, 0.3) is 0 Å². The van der Waals surface area contributed by atoms with Crippen LogP contribution in [-0.4, -0.2) is 56.2 Å². The molecular weight excluding hydrogens is 461 g/mol. The van der Waals surface area contributed by atoms with Crippen LogP contribution in [-0.2, 0) is 26.9 Å². The van der Waals surface area contributed by atoms with Crippen LogP contribution < -0.4 is 9.64 Å². The van der Waals surface area contributed by atoms with Gasteiger partial charge < -0.3 is 19.3 Å². The summed E-state index contributed by atoms with van der Waals surface area (Å²) in [4.78, 5) is 29.5. The fourth-order valence-corrected chi connectivity index (χ4v) is 4.91. The summed E-state index contributed by atoms with van der Waals surface area (Å²) < 4.78 is 51.5. The number of likely N-dealkylation sites (tertiary alicyclic amines) is 1. The highest BCUT2D eigenvalue weighted by molar-refractivity contribution is 5.99. The SMILES string of the molecule is COc1ccc([C@H]2Cc3cc(C(F)(F)F)ccc3N(CCN3CCCC3)C(=O)[C@H]2OC(C)=O)cc1. The quantitative estimate of drug-likeness (QED) is 0.562. The number of ether oxygens (including phenoxy) is 2. The highest BCUT2D eigenvalue weighted by Gasteiger charge is 2.41. The van der Waals surface area contributed by atoms with E-state index in [2.05, 4.69) is 4.90 Å². The number of fused-ring (bicyclic) bond motifs is 1. The van der Waals surface area contributed by atoms with Gasteiger partial charge in [-0.2, -0.15) is 13.2 Å².